The monoisotopic (exact) mass is 310 g/mol. The van der Waals surface area contributed by atoms with Crippen molar-refractivity contribution >= 4 is 46.4 Å². The lowest BCUT2D eigenvalue weighted by molar-refractivity contribution is -0.105. The first-order valence-corrected chi connectivity index (χ1v) is 5.22. The smallest absolute Gasteiger partial charge is 0.212 e. The van der Waals surface area contributed by atoms with Gasteiger partial charge in [0, 0.05) is 3.57 Å². The Morgan fingerprint density at radius 3 is 3.00 bits per heavy atom. The van der Waals surface area contributed by atoms with Crippen LogP contribution in [0.4, 0.5) is 5.82 Å². The van der Waals surface area contributed by atoms with Crippen LogP contribution in [0, 0.1) is 10.5 Å². The van der Waals surface area contributed by atoms with Gasteiger partial charge in [-0.3, -0.25) is 4.79 Å². The Labute approximate surface area is 95.0 Å². The summed E-state index contributed by atoms with van der Waals surface area (Å²) >= 11 is 7.84. The largest absolute Gasteiger partial charge is 0.313 e. The van der Waals surface area contributed by atoms with Gasteiger partial charge < -0.3 is 5.32 Å². The van der Waals surface area contributed by atoms with E-state index < -0.39 is 0 Å². The normalized spacial score (nSPS) is 9.77. The Kier molecular flexibility index (Phi) is 3.92. The number of carbonyl (C=O) groups excluding carboxylic acids is 1. The summed E-state index contributed by atoms with van der Waals surface area (Å²) < 4.78 is 1.02. The molecule has 0 aromatic carbocycles. The van der Waals surface area contributed by atoms with Crippen molar-refractivity contribution < 1.29 is 4.79 Å². The average molecular weight is 311 g/mol. The number of halogens is 2. The second-order valence-corrected chi connectivity index (χ2v) is 3.91. The van der Waals surface area contributed by atoms with Crippen LogP contribution < -0.4 is 5.32 Å². The van der Waals surface area contributed by atoms with Crippen LogP contribution in [0.5, 0.6) is 0 Å². The number of nitrogens with zero attached hydrogens (tertiary/aromatic N) is 1. The molecule has 0 atom stereocenters. The molecule has 0 aliphatic rings. The number of pyridine rings is 1. The molecule has 70 valence electrons. The Bertz CT molecular complexity index is 330. The number of anilines is 1. The zero-order valence-corrected chi connectivity index (χ0v) is 9.89. The summed E-state index contributed by atoms with van der Waals surface area (Å²) in [6, 6.07) is 1.94. The zero-order chi connectivity index (χ0) is 9.84. The topological polar surface area (TPSA) is 42.0 Å². The van der Waals surface area contributed by atoms with Crippen molar-refractivity contribution in [2.24, 2.45) is 0 Å². The maximum absolute atomic E-state index is 10.2. The Morgan fingerprint density at radius 2 is 2.46 bits per heavy atom. The molecule has 0 aliphatic heterocycles. The molecular weight excluding hydrogens is 302 g/mol. The Balaban J connectivity index is 3.13. The molecule has 5 heteroatoms. The fraction of sp³-hybridized carbons (Fsp3) is 0.250. The minimum atomic E-state index is 0.353. The highest BCUT2D eigenvalue weighted by Crippen LogP contribution is 2.19. The van der Waals surface area contributed by atoms with E-state index in [0.717, 1.165) is 14.8 Å². The summed E-state index contributed by atoms with van der Waals surface area (Å²) in [7, 11) is 0. The molecule has 1 aromatic rings. The van der Waals surface area contributed by atoms with Crippen molar-refractivity contribution in [2.45, 2.75) is 12.8 Å². The highest BCUT2D eigenvalue weighted by atomic mass is 127. The summed E-state index contributed by atoms with van der Waals surface area (Å²) in [6.45, 7) is 1.89. The van der Waals surface area contributed by atoms with E-state index in [-0.39, 0.29) is 0 Å². The van der Waals surface area contributed by atoms with Crippen molar-refractivity contribution in [3.05, 3.63) is 20.9 Å². The van der Waals surface area contributed by atoms with Crippen LogP contribution in [-0.4, -0.2) is 11.4 Å². The first-order chi connectivity index (χ1) is 6.19. The third-order valence-corrected chi connectivity index (χ3v) is 2.75. The standard InChI is InChI=1S/C8H8ClIN2O/c1-5-2-6(10)7(3-9)12-8(5)11-4-13/h2,4H,3H2,1H3,(H,11,12,13). The van der Waals surface area contributed by atoms with Gasteiger partial charge in [0.2, 0.25) is 6.41 Å². The van der Waals surface area contributed by atoms with Crippen LogP contribution >= 0.6 is 34.2 Å². The molecule has 1 N–H and O–H groups in total. The molecule has 1 heterocycles. The van der Waals surface area contributed by atoms with E-state index in [4.69, 9.17) is 11.6 Å². The first-order valence-electron chi connectivity index (χ1n) is 3.61. The van der Waals surface area contributed by atoms with E-state index >= 15 is 0 Å². The summed E-state index contributed by atoms with van der Waals surface area (Å²) in [5.74, 6) is 0.928. The molecule has 0 aliphatic carbocycles. The van der Waals surface area contributed by atoms with E-state index in [1.807, 2.05) is 13.0 Å². The average Bonchev–Trinajstić information content (AvgIpc) is 2.10. The number of alkyl halides is 1. The molecule has 13 heavy (non-hydrogen) atoms. The van der Waals surface area contributed by atoms with Crippen LogP contribution in [0.3, 0.4) is 0 Å². The number of hydrogen-bond donors (Lipinski definition) is 1. The molecule has 1 rings (SSSR count). The molecule has 0 saturated heterocycles. The minimum absolute atomic E-state index is 0.353. The number of aryl methyl sites for hydroxylation is 1. The number of carbonyl (C=O) groups is 1. The van der Waals surface area contributed by atoms with Gasteiger partial charge in [-0.25, -0.2) is 4.98 Å². The number of aromatic nitrogens is 1. The third kappa shape index (κ3) is 2.54. The third-order valence-electron chi connectivity index (χ3n) is 1.56. The van der Waals surface area contributed by atoms with Crippen LogP contribution in [0.25, 0.3) is 0 Å². The SMILES string of the molecule is Cc1cc(I)c(CCl)nc1NC=O. The van der Waals surface area contributed by atoms with Gasteiger partial charge >= 0.3 is 0 Å². The first kappa shape index (κ1) is 10.7. The number of nitrogens with one attached hydrogen (secondary N) is 1. The quantitative estimate of drug-likeness (QED) is 0.529. The number of hydrogen-bond acceptors (Lipinski definition) is 2. The van der Waals surface area contributed by atoms with Crippen molar-refractivity contribution in [3.63, 3.8) is 0 Å². The maximum atomic E-state index is 10.2. The molecule has 0 saturated carbocycles. The van der Waals surface area contributed by atoms with Gasteiger partial charge in [-0.2, -0.15) is 0 Å². The second kappa shape index (κ2) is 4.76. The Hall–Kier alpha value is -0.360. The predicted molar refractivity (Wildman–Crippen MR) is 60.9 cm³/mol. The zero-order valence-electron chi connectivity index (χ0n) is 6.97. The highest BCUT2D eigenvalue weighted by Gasteiger charge is 2.05. The van der Waals surface area contributed by atoms with Crippen molar-refractivity contribution in [3.8, 4) is 0 Å². The molecule has 0 bridgehead atoms. The molecule has 0 fully saturated rings. The minimum Gasteiger partial charge on any atom is -0.313 e. The van der Waals surface area contributed by atoms with E-state index in [0.29, 0.717) is 18.1 Å². The van der Waals surface area contributed by atoms with E-state index in [9.17, 15) is 4.79 Å². The van der Waals surface area contributed by atoms with Gasteiger partial charge in [-0.15, -0.1) is 11.6 Å². The molecule has 0 unspecified atom stereocenters. The summed E-state index contributed by atoms with van der Waals surface area (Å²) in [4.78, 5) is 14.4. The van der Waals surface area contributed by atoms with Crippen LogP contribution in [0.1, 0.15) is 11.3 Å². The lowest BCUT2D eigenvalue weighted by atomic mass is 10.2. The van der Waals surface area contributed by atoms with E-state index in [2.05, 4.69) is 32.9 Å². The predicted octanol–water partition coefficient (Wildman–Crippen LogP) is 2.30. The molecule has 0 radical (unpaired) electrons. The molecule has 1 amide bonds. The van der Waals surface area contributed by atoms with Crippen molar-refractivity contribution in [2.75, 3.05) is 5.32 Å². The summed E-state index contributed by atoms with van der Waals surface area (Å²) in [5.41, 5.74) is 1.72. The molecule has 1 aromatic heterocycles. The van der Waals surface area contributed by atoms with Gasteiger partial charge in [0.05, 0.1) is 11.6 Å². The van der Waals surface area contributed by atoms with E-state index in [1.54, 1.807) is 0 Å². The molecular formula is C8H8ClIN2O. The van der Waals surface area contributed by atoms with Crippen molar-refractivity contribution in [1.82, 2.24) is 4.98 Å². The Morgan fingerprint density at radius 1 is 1.77 bits per heavy atom. The van der Waals surface area contributed by atoms with Gasteiger partial charge in [0.25, 0.3) is 0 Å². The summed E-state index contributed by atoms with van der Waals surface area (Å²) in [6.07, 6.45) is 0.611. The van der Waals surface area contributed by atoms with Gasteiger partial charge in [0.1, 0.15) is 5.82 Å². The van der Waals surface area contributed by atoms with Gasteiger partial charge in [0.15, 0.2) is 0 Å². The summed E-state index contributed by atoms with van der Waals surface area (Å²) in [5, 5.41) is 2.52. The lowest BCUT2D eigenvalue weighted by Gasteiger charge is -2.06. The van der Waals surface area contributed by atoms with Crippen molar-refractivity contribution in [1.29, 1.82) is 0 Å². The van der Waals surface area contributed by atoms with Crippen LogP contribution in [0.15, 0.2) is 6.07 Å². The highest BCUT2D eigenvalue weighted by molar-refractivity contribution is 14.1. The molecule has 3 nitrogen and oxygen atoms in total. The maximum Gasteiger partial charge on any atom is 0.212 e. The van der Waals surface area contributed by atoms with E-state index in [1.165, 1.54) is 0 Å². The van der Waals surface area contributed by atoms with Gasteiger partial charge in [-0.05, 0) is 41.1 Å². The van der Waals surface area contributed by atoms with Gasteiger partial charge in [-0.1, -0.05) is 0 Å². The molecule has 0 spiro atoms. The van der Waals surface area contributed by atoms with Crippen LogP contribution in [-0.2, 0) is 10.7 Å². The van der Waals surface area contributed by atoms with Crippen LogP contribution in [0.2, 0.25) is 0 Å². The second-order valence-electron chi connectivity index (χ2n) is 2.48. The lowest BCUT2D eigenvalue weighted by Crippen LogP contribution is -2.03. The fourth-order valence-electron chi connectivity index (χ4n) is 0.914. The number of amides is 1. The fourth-order valence-corrected chi connectivity index (χ4v) is 2.12. The number of rotatable bonds is 3.